The summed E-state index contributed by atoms with van der Waals surface area (Å²) in [6.45, 7) is 1.75. The second-order valence-electron chi connectivity index (χ2n) is 7.04. The van der Waals surface area contributed by atoms with Crippen molar-refractivity contribution in [3.63, 3.8) is 0 Å². The Morgan fingerprint density at radius 3 is 2.57 bits per heavy atom. The number of nitrogens with zero attached hydrogens (tertiary/aromatic N) is 4. The van der Waals surface area contributed by atoms with E-state index in [1.165, 1.54) is 0 Å². The van der Waals surface area contributed by atoms with Gasteiger partial charge in [0.2, 0.25) is 0 Å². The molecule has 0 radical (unpaired) electrons. The van der Waals surface area contributed by atoms with Gasteiger partial charge in [0.25, 0.3) is 11.5 Å². The van der Waals surface area contributed by atoms with Crippen LogP contribution in [-0.2, 0) is 0 Å². The van der Waals surface area contributed by atoms with Gasteiger partial charge in [-0.3, -0.25) is 14.6 Å². The highest BCUT2D eigenvalue weighted by Crippen LogP contribution is 2.27. The first-order valence-corrected chi connectivity index (χ1v) is 9.34. The van der Waals surface area contributed by atoms with Crippen LogP contribution in [0.15, 0.2) is 52.0 Å². The Hall–Kier alpha value is -3.29. The Kier molecular flexibility index (Phi) is 5.01. The molecule has 0 atom stereocenters. The quantitative estimate of drug-likeness (QED) is 0.747. The summed E-state index contributed by atoms with van der Waals surface area (Å²) in [7, 11) is 0. The number of aryl methyl sites for hydroxylation is 1. The Balaban J connectivity index is 1.42. The Labute approximate surface area is 161 Å². The highest BCUT2D eigenvalue weighted by Gasteiger charge is 2.26. The minimum atomic E-state index is -0.227. The minimum Gasteiger partial charge on any atom is -0.361 e. The van der Waals surface area contributed by atoms with Crippen LogP contribution in [-0.4, -0.2) is 31.9 Å². The molecule has 0 spiro atoms. The van der Waals surface area contributed by atoms with Crippen molar-refractivity contribution >= 4 is 5.91 Å². The van der Waals surface area contributed by atoms with Gasteiger partial charge in [0.05, 0.1) is 11.7 Å². The lowest BCUT2D eigenvalue weighted by molar-refractivity contribution is 0.0912. The third-order valence-corrected chi connectivity index (χ3v) is 5.04. The van der Waals surface area contributed by atoms with Gasteiger partial charge >= 0.3 is 0 Å². The molecule has 1 aliphatic carbocycles. The van der Waals surface area contributed by atoms with Crippen molar-refractivity contribution in [3.05, 3.63) is 64.5 Å². The van der Waals surface area contributed by atoms with E-state index in [0.29, 0.717) is 11.5 Å². The molecule has 8 heteroatoms. The molecular formula is C20H21N5O3. The number of aromatic nitrogens is 4. The molecule has 1 amide bonds. The summed E-state index contributed by atoms with van der Waals surface area (Å²) in [5, 5.41) is 11.3. The van der Waals surface area contributed by atoms with Gasteiger partial charge in [-0.2, -0.15) is 5.10 Å². The first-order chi connectivity index (χ1) is 13.6. The van der Waals surface area contributed by atoms with Gasteiger partial charge < -0.3 is 9.84 Å². The van der Waals surface area contributed by atoms with E-state index in [1.54, 1.807) is 42.2 Å². The molecule has 0 bridgehead atoms. The molecule has 0 unspecified atom stereocenters. The molecule has 0 aromatic carbocycles. The van der Waals surface area contributed by atoms with Crippen LogP contribution in [0.5, 0.6) is 0 Å². The summed E-state index contributed by atoms with van der Waals surface area (Å²) in [6, 6.07) is 8.74. The number of hydrogen-bond acceptors (Lipinski definition) is 6. The summed E-state index contributed by atoms with van der Waals surface area (Å²) < 4.78 is 6.53. The molecule has 1 aliphatic rings. The molecular weight excluding hydrogens is 358 g/mol. The lowest BCUT2D eigenvalue weighted by Crippen LogP contribution is -2.39. The topological polar surface area (TPSA) is 103 Å². The molecule has 8 nitrogen and oxygen atoms in total. The van der Waals surface area contributed by atoms with Crippen molar-refractivity contribution in [1.29, 1.82) is 0 Å². The number of hydrogen-bond donors (Lipinski definition) is 1. The lowest BCUT2D eigenvalue weighted by Gasteiger charge is -2.29. The predicted octanol–water partition coefficient (Wildman–Crippen LogP) is 2.52. The van der Waals surface area contributed by atoms with Crippen LogP contribution in [0.4, 0.5) is 0 Å². The third-order valence-electron chi connectivity index (χ3n) is 5.04. The molecule has 0 saturated heterocycles. The largest absolute Gasteiger partial charge is 0.361 e. The standard InChI is InChI=1S/C20H21N5O3/c1-13-12-18(24-28-13)20(27)22-15-2-4-16(5-3-15)25-19(26)7-6-17(23-25)14-8-10-21-11-9-14/h6-12,15-16H,2-5H2,1H3,(H,22,27). The zero-order valence-corrected chi connectivity index (χ0v) is 15.5. The molecule has 144 valence electrons. The van der Waals surface area contributed by atoms with Crippen molar-refractivity contribution in [2.24, 2.45) is 0 Å². The Morgan fingerprint density at radius 1 is 1.14 bits per heavy atom. The van der Waals surface area contributed by atoms with E-state index >= 15 is 0 Å². The molecule has 1 saturated carbocycles. The van der Waals surface area contributed by atoms with E-state index in [0.717, 1.165) is 36.9 Å². The summed E-state index contributed by atoms with van der Waals surface area (Å²) in [6.07, 6.45) is 6.51. The van der Waals surface area contributed by atoms with Crippen molar-refractivity contribution in [2.45, 2.75) is 44.7 Å². The third kappa shape index (κ3) is 3.85. The van der Waals surface area contributed by atoms with Crippen LogP contribution in [0.25, 0.3) is 11.3 Å². The first-order valence-electron chi connectivity index (χ1n) is 9.34. The van der Waals surface area contributed by atoms with Crippen molar-refractivity contribution in [2.75, 3.05) is 0 Å². The smallest absolute Gasteiger partial charge is 0.273 e. The SMILES string of the molecule is Cc1cc(C(=O)NC2CCC(n3nc(-c4ccncc4)ccc3=O)CC2)no1. The molecule has 4 rings (SSSR count). The van der Waals surface area contributed by atoms with Gasteiger partial charge in [-0.25, -0.2) is 4.68 Å². The van der Waals surface area contributed by atoms with E-state index in [-0.39, 0.29) is 23.6 Å². The van der Waals surface area contributed by atoms with Crippen LogP contribution in [0.1, 0.15) is 48.0 Å². The maximum Gasteiger partial charge on any atom is 0.273 e. The van der Waals surface area contributed by atoms with Crippen LogP contribution in [0.2, 0.25) is 0 Å². The molecule has 0 aliphatic heterocycles. The number of carbonyl (C=O) groups is 1. The first kappa shape index (κ1) is 18.1. The molecule has 3 aromatic heterocycles. The highest BCUT2D eigenvalue weighted by molar-refractivity contribution is 5.92. The van der Waals surface area contributed by atoms with Crippen LogP contribution in [0, 0.1) is 6.92 Å². The average Bonchev–Trinajstić information content (AvgIpc) is 3.16. The number of pyridine rings is 1. The van der Waals surface area contributed by atoms with E-state index in [4.69, 9.17) is 4.52 Å². The Morgan fingerprint density at radius 2 is 1.89 bits per heavy atom. The highest BCUT2D eigenvalue weighted by atomic mass is 16.5. The van der Waals surface area contributed by atoms with Gasteiger partial charge in [0.1, 0.15) is 5.76 Å². The zero-order chi connectivity index (χ0) is 19.5. The van der Waals surface area contributed by atoms with E-state index in [2.05, 4.69) is 20.6 Å². The van der Waals surface area contributed by atoms with E-state index in [1.807, 2.05) is 12.1 Å². The maximum absolute atomic E-state index is 12.3. The fourth-order valence-electron chi connectivity index (χ4n) is 3.56. The normalized spacial score (nSPS) is 19.3. The van der Waals surface area contributed by atoms with E-state index in [9.17, 15) is 9.59 Å². The summed E-state index contributed by atoms with van der Waals surface area (Å²) in [5.74, 6) is 0.378. The van der Waals surface area contributed by atoms with Gasteiger partial charge in [0, 0.05) is 36.1 Å². The van der Waals surface area contributed by atoms with Crippen LogP contribution < -0.4 is 10.9 Å². The average molecular weight is 379 g/mol. The second kappa shape index (κ2) is 7.75. The minimum absolute atomic E-state index is 0.0248. The van der Waals surface area contributed by atoms with Gasteiger partial charge in [-0.1, -0.05) is 5.16 Å². The maximum atomic E-state index is 12.3. The lowest BCUT2D eigenvalue weighted by atomic mass is 9.91. The number of amides is 1. The van der Waals surface area contributed by atoms with E-state index < -0.39 is 0 Å². The summed E-state index contributed by atoms with van der Waals surface area (Å²) in [4.78, 5) is 28.6. The fourth-order valence-corrected chi connectivity index (χ4v) is 3.56. The van der Waals surface area contributed by atoms with Crippen LogP contribution >= 0.6 is 0 Å². The van der Waals surface area contributed by atoms with Crippen molar-refractivity contribution < 1.29 is 9.32 Å². The monoisotopic (exact) mass is 379 g/mol. The summed E-state index contributed by atoms with van der Waals surface area (Å²) in [5.41, 5.74) is 1.86. The van der Waals surface area contributed by atoms with Gasteiger partial charge in [0.15, 0.2) is 5.69 Å². The molecule has 28 heavy (non-hydrogen) atoms. The van der Waals surface area contributed by atoms with Crippen molar-refractivity contribution in [3.8, 4) is 11.3 Å². The Bertz CT molecular complexity index is 1020. The molecule has 1 N–H and O–H groups in total. The number of rotatable bonds is 4. The van der Waals surface area contributed by atoms with Crippen LogP contribution in [0.3, 0.4) is 0 Å². The fraction of sp³-hybridized carbons (Fsp3) is 0.350. The van der Waals surface area contributed by atoms with Gasteiger partial charge in [-0.05, 0) is 50.8 Å². The van der Waals surface area contributed by atoms with Crippen molar-refractivity contribution in [1.82, 2.24) is 25.2 Å². The number of nitrogens with one attached hydrogen (secondary N) is 1. The van der Waals surface area contributed by atoms with Gasteiger partial charge in [-0.15, -0.1) is 0 Å². The zero-order valence-electron chi connectivity index (χ0n) is 15.5. The predicted molar refractivity (Wildman–Crippen MR) is 102 cm³/mol. The molecule has 1 fully saturated rings. The molecule has 3 heterocycles. The summed E-state index contributed by atoms with van der Waals surface area (Å²) >= 11 is 0. The number of carbonyl (C=O) groups excluding carboxylic acids is 1. The molecule has 3 aromatic rings. The second-order valence-corrected chi connectivity index (χ2v) is 7.04.